The quantitative estimate of drug-likeness (QED) is 0.614. The van der Waals surface area contributed by atoms with E-state index >= 15 is 0 Å². The van der Waals surface area contributed by atoms with Crippen molar-refractivity contribution in [3.8, 4) is 11.4 Å². The van der Waals surface area contributed by atoms with Crippen molar-refractivity contribution in [1.29, 1.82) is 0 Å². The number of pyridine rings is 2. The first-order valence-electron chi connectivity index (χ1n) is 9.24. The minimum absolute atomic E-state index is 0.108. The van der Waals surface area contributed by atoms with Gasteiger partial charge in [0, 0.05) is 30.9 Å². The number of nitrogens with zero attached hydrogens (tertiary/aromatic N) is 4. The molecule has 0 aromatic carbocycles. The van der Waals surface area contributed by atoms with E-state index in [2.05, 4.69) is 4.98 Å². The number of imidazole rings is 1. The molecular formula is C20H18ClF3N4O. The van der Waals surface area contributed by atoms with E-state index in [1.165, 1.54) is 4.90 Å². The van der Waals surface area contributed by atoms with Crippen LogP contribution in [0.5, 0.6) is 0 Å². The summed E-state index contributed by atoms with van der Waals surface area (Å²) in [6.07, 6.45) is -1.04. The van der Waals surface area contributed by atoms with E-state index in [1.807, 2.05) is 22.6 Å². The van der Waals surface area contributed by atoms with E-state index in [9.17, 15) is 18.0 Å². The van der Waals surface area contributed by atoms with E-state index < -0.39 is 18.5 Å². The van der Waals surface area contributed by atoms with Crippen LogP contribution in [0.25, 0.3) is 17.0 Å². The maximum atomic E-state index is 12.6. The Kier molecular flexibility index (Phi) is 5.21. The highest BCUT2D eigenvalue weighted by molar-refractivity contribution is 6.30. The highest BCUT2D eigenvalue weighted by atomic mass is 35.5. The van der Waals surface area contributed by atoms with Gasteiger partial charge < -0.3 is 4.90 Å². The minimum atomic E-state index is -4.49. The second kappa shape index (κ2) is 7.67. The molecule has 1 aliphatic heterocycles. The lowest BCUT2D eigenvalue weighted by Crippen LogP contribution is -2.41. The van der Waals surface area contributed by atoms with E-state index in [4.69, 9.17) is 16.6 Å². The van der Waals surface area contributed by atoms with Crippen LogP contribution >= 0.6 is 11.6 Å². The Balaban J connectivity index is 1.58. The van der Waals surface area contributed by atoms with Crippen molar-refractivity contribution in [1.82, 2.24) is 19.3 Å². The van der Waals surface area contributed by atoms with Crippen molar-refractivity contribution < 1.29 is 18.0 Å². The average Bonchev–Trinajstić information content (AvgIpc) is 3.10. The van der Waals surface area contributed by atoms with Gasteiger partial charge in [-0.15, -0.1) is 0 Å². The molecular weight excluding hydrogens is 405 g/mol. The second-order valence-corrected chi connectivity index (χ2v) is 7.57. The highest BCUT2D eigenvalue weighted by Crippen LogP contribution is 2.30. The van der Waals surface area contributed by atoms with Gasteiger partial charge in [0.15, 0.2) is 0 Å². The molecule has 1 amide bonds. The van der Waals surface area contributed by atoms with Crippen LogP contribution in [0.3, 0.4) is 0 Å². The van der Waals surface area contributed by atoms with Gasteiger partial charge in [-0.3, -0.25) is 14.2 Å². The van der Waals surface area contributed by atoms with Crippen LogP contribution in [-0.2, 0) is 4.79 Å². The molecule has 3 aromatic rings. The monoisotopic (exact) mass is 422 g/mol. The van der Waals surface area contributed by atoms with Gasteiger partial charge in [0.05, 0.1) is 22.6 Å². The third-order valence-corrected chi connectivity index (χ3v) is 5.27. The Hall–Kier alpha value is -2.61. The standard InChI is InChI=1S/C20H18ClF3N4O/c21-14-6-7-18-25-10-17(28(18)12-14)16-5-1-4-15(26-16)13-3-2-8-27(11-13)19(29)9-20(22,23)24/h1,4-7,10,12-13H,2-3,8-9,11H2/t13-/m0/s1. The third-order valence-electron chi connectivity index (χ3n) is 5.05. The molecule has 1 fully saturated rings. The van der Waals surface area contributed by atoms with Crippen LogP contribution in [0.2, 0.25) is 5.02 Å². The first-order valence-corrected chi connectivity index (χ1v) is 9.62. The summed E-state index contributed by atoms with van der Waals surface area (Å²) in [5.74, 6) is -0.988. The molecule has 0 saturated carbocycles. The molecule has 1 saturated heterocycles. The second-order valence-electron chi connectivity index (χ2n) is 7.14. The van der Waals surface area contributed by atoms with E-state index in [0.29, 0.717) is 23.7 Å². The van der Waals surface area contributed by atoms with Crippen molar-refractivity contribution in [2.75, 3.05) is 13.1 Å². The number of fused-ring (bicyclic) bond motifs is 1. The SMILES string of the molecule is O=C(CC(F)(F)F)N1CCC[C@H](c2cccc(-c3cnc4ccc(Cl)cn34)n2)C1. The molecule has 0 unspecified atom stereocenters. The molecule has 0 N–H and O–H groups in total. The largest absolute Gasteiger partial charge is 0.397 e. The lowest BCUT2D eigenvalue weighted by Gasteiger charge is -2.33. The summed E-state index contributed by atoms with van der Waals surface area (Å²) in [7, 11) is 0. The maximum absolute atomic E-state index is 12.6. The topological polar surface area (TPSA) is 50.5 Å². The molecule has 3 aromatic heterocycles. The van der Waals surface area contributed by atoms with Gasteiger partial charge in [0.2, 0.25) is 5.91 Å². The number of aromatic nitrogens is 3. The predicted octanol–water partition coefficient (Wildman–Crippen LogP) is 4.71. The van der Waals surface area contributed by atoms with E-state index in [-0.39, 0.29) is 12.5 Å². The summed E-state index contributed by atoms with van der Waals surface area (Å²) in [5, 5.41) is 0.569. The maximum Gasteiger partial charge on any atom is 0.397 e. The smallest absolute Gasteiger partial charge is 0.342 e. The van der Waals surface area contributed by atoms with Crippen LogP contribution in [-0.4, -0.2) is 44.4 Å². The number of carbonyl (C=O) groups is 1. The Morgan fingerprint density at radius 1 is 1.24 bits per heavy atom. The first-order chi connectivity index (χ1) is 13.8. The summed E-state index contributed by atoms with van der Waals surface area (Å²) in [5.41, 5.74) is 2.95. The fourth-order valence-corrected chi connectivity index (χ4v) is 3.85. The van der Waals surface area contributed by atoms with Gasteiger partial charge in [-0.05, 0) is 37.1 Å². The predicted molar refractivity (Wildman–Crippen MR) is 103 cm³/mol. The molecule has 29 heavy (non-hydrogen) atoms. The minimum Gasteiger partial charge on any atom is -0.342 e. The Bertz CT molecular complexity index is 1050. The van der Waals surface area contributed by atoms with Gasteiger partial charge in [-0.25, -0.2) is 4.98 Å². The number of likely N-dealkylation sites (tertiary alicyclic amines) is 1. The molecule has 1 aliphatic rings. The Morgan fingerprint density at radius 2 is 2.07 bits per heavy atom. The number of carbonyl (C=O) groups excluding carboxylic acids is 1. The number of amides is 1. The van der Waals surface area contributed by atoms with Gasteiger partial charge in [0.25, 0.3) is 0 Å². The third kappa shape index (κ3) is 4.37. The van der Waals surface area contributed by atoms with Crippen molar-refractivity contribution in [2.24, 2.45) is 0 Å². The summed E-state index contributed by atoms with van der Waals surface area (Å²) >= 11 is 6.09. The van der Waals surface area contributed by atoms with Gasteiger partial charge in [-0.1, -0.05) is 17.7 Å². The molecule has 5 nitrogen and oxygen atoms in total. The average molecular weight is 423 g/mol. The number of hydrogen-bond donors (Lipinski definition) is 0. The molecule has 0 radical (unpaired) electrons. The fraction of sp³-hybridized carbons (Fsp3) is 0.350. The zero-order valence-corrected chi connectivity index (χ0v) is 16.1. The van der Waals surface area contributed by atoms with E-state index in [1.54, 1.807) is 24.5 Å². The lowest BCUT2D eigenvalue weighted by molar-refractivity contribution is -0.162. The van der Waals surface area contributed by atoms with Crippen molar-refractivity contribution >= 4 is 23.2 Å². The summed E-state index contributed by atoms with van der Waals surface area (Å²) in [6, 6.07) is 9.12. The molecule has 4 rings (SSSR count). The Labute approximate surface area is 170 Å². The van der Waals surface area contributed by atoms with E-state index in [0.717, 1.165) is 23.5 Å². The normalized spacial score (nSPS) is 17.7. The zero-order chi connectivity index (χ0) is 20.6. The summed E-state index contributed by atoms with van der Waals surface area (Å²) in [6.45, 7) is 0.585. The summed E-state index contributed by atoms with van der Waals surface area (Å²) in [4.78, 5) is 22.4. The molecule has 1 atom stereocenters. The fourth-order valence-electron chi connectivity index (χ4n) is 3.69. The molecule has 9 heteroatoms. The number of hydrogen-bond acceptors (Lipinski definition) is 3. The number of alkyl halides is 3. The Morgan fingerprint density at radius 3 is 2.86 bits per heavy atom. The van der Waals surface area contributed by atoms with Crippen molar-refractivity contribution in [3.05, 3.63) is 53.4 Å². The van der Waals surface area contributed by atoms with Crippen LogP contribution < -0.4 is 0 Å². The lowest BCUT2D eigenvalue weighted by atomic mass is 9.93. The molecule has 0 spiro atoms. The van der Waals surface area contributed by atoms with Crippen LogP contribution in [0.1, 0.15) is 30.9 Å². The number of piperidine rings is 1. The number of rotatable bonds is 3. The van der Waals surface area contributed by atoms with Gasteiger partial charge in [0.1, 0.15) is 12.1 Å². The van der Waals surface area contributed by atoms with Crippen molar-refractivity contribution in [3.63, 3.8) is 0 Å². The van der Waals surface area contributed by atoms with Crippen LogP contribution in [0.15, 0.2) is 42.7 Å². The van der Waals surface area contributed by atoms with Gasteiger partial charge in [-0.2, -0.15) is 13.2 Å². The van der Waals surface area contributed by atoms with Gasteiger partial charge >= 0.3 is 6.18 Å². The molecule has 152 valence electrons. The zero-order valence-electron chi connectivity index (χ0n) is 15.4. The summed E-state index contributed by atoms with van der Waals surface area (Å²) < 4.78 is 39.6. The highest BCUT2D eigenvalue weighted by Gasteiger charge is 2.35. The number of halogens is 4. The van der Waals surface area contributed by atoms with Crippen LogP contribution in [0, 0.1) is 0 Å². The van der Waals surface area contributed by atoms with Crippen LogP contribution in [0.4, 0.5) is 13.2 Å². The van der Waals surface area contributed by atoms with Crippen molar-refractivity contribution in [2.45, 2.75) is 31.4 Å². The molecule has 4 heterocycles. The molecule has 0 bridgehead atoms. The first kappa shape index (κ1) is 19.7. The molecule has 0 aliphatic carbocycles.